The lowest BCUT2D eigenvalue weighted by atomic mass is 9.97. The number of carboxylic acids is 1. The van der Waals surface area contributed by atoms with Crippen molar-refractivity contribution in [3.63, 3.8) is 0 Å². The van der Waals surface area contributed by atoms with Gasteiger partial charge in [0.2, 0.25) is 0 Å². The number of rotatable bonds is 6. The van der Waals surface area contributed by atoms with Gasteiger partial charge in [-0.25, -0.2) is 4.79 Å². The van der Waals surface area contributed by atoms with Crippen LogP contribution < -0.4 is 10.1 Å². The number of nitrogens with one attached hydrogen (secondary N) is 1. The highest BCUT2D eigenvalue weighted by atomic mass is 16.6. The van der Waals surface area contributed by atoms with Gasteiger partial charge in [-0.15, -0.1) is 0 Å². The quantitative estimate of drug-likeness (QED) is 0.618. The van der Waals surface area contributed by atoms with E-state index in [0.29, 0.717) is 19.4 Å². The van der Waals surface area contributed by atoms with Crippen LogP contribution in [0.3, 0.4) is 0 Å². The van der Waals surface area contributed by atoms with Crippen LogP contribution in [0.4, 0.5) is 11.4 Å². The van der Waals surface area contributed by atoms with Crippen molar-refractivity contribution >= 4 is 17.3 Å². The van der Waals surface area contributed by atoms with E-state index in [1.54, 1.807) is 13.0 Å². The Morgan fingerprint density at radius 2 is 2.14 bits per heavy atom. The Kier molecular flexibility index (Phi) is 4.30. The van der Waals surface area contributed by atoms with Gasteiger partial charge in [0.1, 0.15) is 11.2 Å². The van der Waals surface area contributed by atoms with E-state index in [1.807, 2.05) is 0 Å². The molecule has 0 saturated heterocycles. The molecule has 0 atom stereocenters. The number of nitrogens with zero attached hydrogens (tertiary/aromatic N) is 1. The van der Waals surface area contributed by atoms with Crippen LogP contribution >= 0.6 is 0 Å². The summed E-state index contributed by atoms with van der Waals surface area (Å²) < 4.78 is 5.27. The van der Waals surface area contributed by atoms with Crippen LogP contribution in [0.1, 0.15) is 32.6 Å². The van der Waals surface area contributed by atoms with Crippen LogP contribution in [0.15, 0.2) is 18.2 Å². The molecule has 1 fully saturated rings. The van der Waals surface area contributed by atoms with Crippen LogP contribution in [0.5, 0.6) is 5.75 Å². The summed E-state index contributed by atoms with van der Waals surface area (Å²) in [5, 5.41) is 23.6. The van der Waals surface area contributed by atoms with Gasteiger partial charge in [0.15, 0.2) is 5.75 Å². The Morgan fingerprint density at radius 3 is 2.67 bits per heavy atom. The molecule has 21 heavy (non-hydrogen) atoms. The lowest BCUT2D eigenvalue weighted by Gasteiger charge is -2.26. The normalized spacial score (nSPS) is 16.4. The Morgan fingerprint density at radius 1 is 1.48 bits per heavy atom. The fourth-order valence-corrected chi connectivity index (χ4v) is 2.71. The lowest BCUT2D eigenvalue weighted by Crippen LogP contribution is -2.43. The van der Waals surface area contributed by atoms with Gasteiger partial charge in [0.05, 0.1) is 11.5 Å². The molecule has 2 rings (SSSR count). The van der Waals surface area contributed by atoms with Crippen LogP contribution in [-0.2, 0) is 4.79 Å². The van der Waals surface area contributed by atoms with Crippen molar-refractivity contribution in [1.82, 2.24) is 0 Å². The number of hydrogen-bond acceptors (Lipinski definition) is 5. The number of ether oxygens (including phenoxy) is 1. The van der Waals surface area contributed by atoms with Crippen molar-refractivity contribution in [2.45, 2.75) is 38.1 Å². The number of aliphatic carboxylic acids is 1. The molecule has 1 aliphatic rings. The zero-order valence-electron chi connectivity index (χ0n) is 11.8. The minimum atomic E-state index is -1.13. The molecular formula is C14H18N2O5. The van der Waals surface area contributed by atoms with E-state index in [-0.39, 0.29) is 17.1 Å². The van der Waals surface area contributed by atoms with Crippen molar-refractivity contribution in [1.29, 1.82) is 0 Å². The van der Waals surface area contributed by atoms with E-state index in [2.05, 4.69) is 5.32 Å². The molecular weight excluding hydrogens is 276 g/mol. The molecule has 114 valence electrons. The standard InChI is InChI=1S/C14H18N2O5/c1-2-21-11-7-5-6-10(12(11)16(19)20)15-14(13(17)18)8-3-4-9-14/h5-7,15H,2-4,8-9H2,1H3,(H,17,18). The number of carboxylic acid groups (broad SMARTS) is 1. The van der Waals surface area contributed by atoms with Gasteiger partial charge in [0, 0.05) is 0 Å². The molecule has 0 aliphatic heterocycles. The molecule has 1 saturated carbocycles. The van der Waals surface area contributed by atoms with Crippen molar-refractivity contribution in [3.8, 4) is 5.75 Å². The van der Waals surface area contributed by atoms with Gasteiger partial charge in [-0.2, -0.15) is 0 Å². The van der Waals surface area contributed by atoms with Gasteiger partial charge in [-0.05, 0) is 31.9 Å². The number of carbonyl (C=O) groups is 1. The summed E-state index contributed by atoms with van der Waals surface area (Å²) in [6, 6.07) is 4.64. The average Bonchev–Trinajstić information content (AvgIpc) is 2.89. The van der Waals surface area contributed by atoms with E-state index in [4.69, 9.17) is 4.74 Å². The van der Waals surface area contributed by atoms with Crippen molar-refractivity contribution in [2.75, 3.05) is 11.9 Å². The summed E-state index contributed by atoms with van der Waals surface area (Å²) in [5.74, 6) is -0.831. The summed E-state index contributed by atoms with van der Waals surface area (Å²) in [6.45, 7) is 2.04. The third-order valence-corrected chi connectivity index (χ3v) is 3.72. The summed E-state index contributed by atoms with van der Waals surface area (Å²) in [4.78, 5) is 22.3. The minimum absolute atomic E-state index is 0.144. The first-order valence-electron chi connectivity index (χ1n) is 6.92. The Bertz CT molecular complexity index is 552. The molecule has 0 spiro atoms. The molecule has 7 heteroatoms. The van der Waals surface area contributed by atoms with E-state index < -0.39 is 16.4 Å². The van der Waals surface area contributed by atoms with Crippen LogP contribution in [0.25, 0.3) is 0 Å². The monoisotopic (exact) mass is 294 g/mol. The van der Waals surface area contributed by atoms with Gasteiger partial charge >= 0.3 is 11.7 Å². The molecule has 0 heterocycles. The lowest BCUT2D eigenvalue weighted by molar-refractivity contribution is -0.385. The number of benzene rings is 1. The molecule has 0 bridgehead atoms. The number of nitro groups is 1. The van der Waals surface area contributed by atoms with Crippen LogP contribution in [-0.4, -0.2) is 28.1 Å². The third-order valence-electron chi connectivity index (χ3n) is 3.72. The average molecular weight is 294 g/mol. The van der Waals surface area contributed by atoms with Gasteiger partial charge in [-0.3, -0.25) is 10.1 Å². The summed E-state index contributed by atoms with van der Waals surface area (Å²) in [5.41, 5.74) is -1.16. The fourth-order valence-electron chi connectivity index (χ4n) is 2.71. The largest absolute Gasteiger partial charge is 0.487 e. The van der Waals surface area contributed by atoms with Crippen LogP contribution in [0.2, 0.25) is 0 Å². The minimum Gasteiger partial charge on any atom is -0.487 e. The summed E-state index contributed by atoms with van der Waals surface area (Å²) >= 11 is 0. The van der Waals surface area contributed by atoms with E-state index in [1.165, 1.54) is 12.1 Å². The Hall–Kier alpha value is -2.31. The van der Waals surface area contributed by atoms with E-state index in [9.17, 15) is 20.0 Å². The van der Waals surface area contributed by atoms with Crippen LogP contribution in [0, 0.1) is 10.1 Å². The first-order valence-corrected chi connectivity index (χ1v) is 6.92. The number of para-hydroxylation sites is 1. The van der Waals surface area contributed by atoms with Crippen molar-refractivity contribution in [2.24, 2.45) is 0 Å². The maximum Gasteiger partial charge on any atom is 0.333 e. The molecule has 0 unspecified atom stereocenters. The first-order chi connectivity index (χ1) is 10.00. The van der Waals surface area contributed by atoms with Crippen molar-refractivity contribution in [3.05, 3.63) is 28.3 Å². The first kappa shape index (κ1) is 15.1. The predicted molar refractivity (Wildman–Crippen MR) is 76.7 cm³/mol. The second-order valence-electron chi connectivity index (χ2n) is 5.06. The van der Waals surface area contributed by atoms with Gasteiger partial charge in [-0.1, -0.05) is 18.9 Å². The predicted octanol–water partition coefficient (Wildman–Crippen LogP) is 2.80. The second-order valence-corrected chi connectivity index (χ2v) is 5.06. The molecule has 1 aromatic carbocycles. The fraction of sp³-hybridized carbons (Fsp3) is 0.500. The zero-order chi connectivity index (χ0) is 15.5. The molecule has 0 amide bonds. The summed E-state index contributed by atoms with van der Waals surface area (Å²) in [7, 11) is 0. The SMILES string of the molecule is CCOc1cccc(NC2(C(=O)O)CCCC2)c1[N+](=O)[O-]. The molecule has 0 radical (unpaired) electrons. The molecule has 7 nitrogen and oxygen atoms in total. The Labute approximate surface area is 122 Å². The highest BCUT2D eigenvalue weighted by Crippen LogP contribution is 2.40. The topological polar surface area (TPSA) is 102 Å². The number of nitro benzene ring substituents is 1. The van der Waals surface area contributed by atoms with E-state index in [0.717, 1.165) is 12.8 Å². The highest BCUT2D eigenvalue weighted by molar-refractivity contribution is 5.85. The molecule has 1 aliphatic carbocycles. The zero-order valence-corrected chi connectivity index (χ0v) is 11.8. The van der Waals surface area contributed by atoms with Gasteiger partial charge in [0.25, 0.3) is 0 Å². The highest BCUT2D eigenvalue weighted by Gasteiger charge is 2.42. The van der Waals surface area contributed by atoms with Crippen molar-refractivity contribution < 1.29 is 19.6 Å². The Balaban J connectivity index is 2.41. The number of hydrogen-bond donors (Lipinski definition) is 2. The summed E-state index contributed by atoms with van der Waals surface area (Å²) in [6.07, 6.45) is 2.49. The smallest absolute Gasteiger partial charge is 0.333 e. The molecule has 2 N–H and O–H groups in total. The van der Waals surface area contributed by atoms with Gasteiger partial charge < -0.3 is 15.2 Å². The third kappa shape index (κ3) is 2.91. The maximum absolute atomic E-state index is 11.6. The van der Waals surface area contributed by atoms with E-state index >= 15 is 0 Å². The molecule has 1 aromatic rings. The second kappa shape index (κ2) is 5.99. The number of anilines is 1. The molecule has 0 aromatic heterocycles. The maximum atomic E-state index is 11.6.